The van der Waals surface area contributed by atoms with E-state index in [0.717, 1.165) is 0 Å². The van der Waals surface area contributed by atoms with Gasteiger partial charge in [0.05, 0.1) is 5.38 Å². The third kappa shape index (κ3) is 3.60. The van der Waals surface area contributed by atoms with Crippen LogP contribution in [-0.4, -0.2) is 0 Å². The second-order valence-corrected chi connectivity index (χ2v) is 5.47. The van der Waals surface area contributed by atoms with Crippen LogP contribution in [0.3, 0.4) is 0 Å². The molecule has 0 bridgehead atoms. The van der Waals surface area contributed by atoms with E-state index in [1.807, 2.05) is 0 Å². The van der Waals surface area contributed by atoms with Crippen molar-refractivity contribution in [1.82, 2.24) is 0 Å². The first-order chi connectivity index (χ1) is 8.86. The van der Waals surface area contributed by atoms with Crippen LogP contribution >= 0.6 is 11.3 Å². The first kappa shape index (κ1) is 14.1. The van der Waals surface area contributed by atoms with Crippen molar-refractivity contribution in [3.05, 3.63) is 47.5 Å². The fourth-order valence-corrected chi connectivity index (χ4v) is 2.73. The van der Waals surface area contributed by atoms with E-state index in [9.17, 15) is 0 Å². The van der Waals surface area contributed by atoms with E-state index >= 15 is 0 Å². The zero-order chi connectivity index (χ0) is 14.0. The molecule has 7 heteroatoms. The maximum atomic E-state index is 8.49. The van der Waals surface area contributed by atoms with Crippen LogP contribution in [0.15, 0.2) is 41.8 Å². The van der Waals surface area contributed by atoms with Gasteiger partial charge in [-0.3, -0.25) is 0 Å². The second kappa shape index (κ2) is 5.38. The van der Waals surface area contributed by atoms with Crippen LogP contribution in [0.1, 0.15) is 5.69 Å². The largest absolute Gasteiger partial charge is 0.267 e. The lowest BCUT2D eigenvalue weighted by Crippen LogP contribution is -2.68. The number of para-hydroxylation sites is 1. The summed E-state index contributed by atoms with van der Waals surface area (Å²) in [5, 5.41) is 3.49. The number of hydrogen-bond donors (Lipinski definition) is 0. The lowest BCUT2D eigenvalue weighted by atomic mass is 10.2. The van der Waals surface area contributed by atoms with Crippen molar-refractivity contribution in [3.63, 3.8) is 0 Å². The van der Waals surface area contributed by atoms with E-state index in [1.54, 1.807) is 11.3 Å². The number of halogens is 1. The molecule has 1 aromatic carbocycles. The summed E-state index contributed by atoms with van der Waals surface area (Å²) >= 11 is 1.79. The monoisotopic (exact) mass is 299 g/mol. The van der Waals surface area contributed by atoms with Crippen LogP contribution in [0.5, 0.6) is 0 Å². The number of pyridine rings is 1. The van der Waals surface area contributed by atoms with E-state index in [0.29, 0.717) is 0 Å². The van der Waals surface area contributed by atoms with Gasteiger partial charge in [-0.15, -0.1) is 14.6 Å². The minimum absolute atomic E-state index is 1.30. The van der Waals surface area contributed by atoms with Crippen molar-refractivity contribution in [2.75, 3.05) is 0 Å². The van der Waals surface area contributed by atoms with Crippen molar-refractivity contribution in [2.45, 2.75) is 6.92 Å². The summed E-state index contributed by atoms with van der Waals surface area (Å²) in [4.78, 5) is 1.31. The van der Waals surface area contributed by atoms with Gasteiger partial charge in [-0.1, -0.05) is 23.5 Å². The normalized spacial score (nSPS) is 11.4. The van der Waals surface area contributed by atoms with Gasteiger partial charge in [0.1, 0.15) is 0 Å². The average molecular weight is 300 g/mol. The van der Waals surface area contributed by atoms with Crippen molar-refractivity contribution < 1.29 is 33.3 Å². The Bertz CT molecular complexity index is 702. The van der Waals surface area contributed by atoms with Gasteiger partial charge in [0, 0.05) is 24.4 Å². The second-order valence-electron chi connectivity index (χ2n) is 3.82. The summed E-state index contributed by atoms with van der Waals surface area (Å²) in [7, 11) is -4.94. The molecule has 0 fully saturated rings. The molecule has 0 aliphatic rings. The van der Waals surface area contributed by atoms with E-state index in [4.69, 9.17) is 18.6 Å². The summed E-state index contributed by atoms with van der Waals surface area (Å²) in [6.07, 6.45) is 0. The van der Waals surface area contributed by atoms with Crippen LogP contribution in [0.4, 0.5) is 0 Å². The van der Waals surface area contributed by atoms with Gasteiger partial charge in [-0.05, 0) is 12.1 Å². The Morgan fingerprint density at radius 2 is 1.63 bits per heavy atom. The molecule has 0 saturated heterocycles. The maximum absolute atomic E-state index is 8.49. The molecule has 0 N–H and O–H groups in total. The summed E-state index contributed by atoms with van der Waals surface area (Å²) < 4.78 is 36.3. The number of nitrogens with zero attached hydrogens (tertiary/aromatic N) is 1. The van der Waals surface area contributed by atoms with Gasteiger partial charge < -0.3 is 0 Å². The molecule has 3 aromatic rings. The summed E-state index contributed by atoms with van der Waals surface area (Å²) in [6, 6.07) is 12.9. The zero-order valence-electron chi connectivity index (χ0n) is 9.91. The highest BCUT2D eigenvalue weighted by Gasteiger charge is 2.12. The van der Waals surface area contributed by atoms with Crippen molar-refractivity contribution in [1.29, 1.82) is 0 Å². The highest BCUT2D eigenvalue weighted by atomic mass is 35.7. The van der Waals surface area contributed by atoms with E-state index in [2.05, 4.69) is 53.1 Å². The molecule has 5 nitrogen and oxygen atoms in total. The third-order valence-corrected chi connectivity index (χ3v) is 3.53. The Hall–Kier alpha value is -1.28. The Morgan fingerprint density at radius 1 is 1.00 bits per heavy atom. The fraction of sp³-hybridized carbons (Fsp3) is 0.0833. The number of aromatic nitrogens is 1. The molecule has 2 heterocycles. The minimum atomic E-state index is -4.94. The standard InChI is InChI=1S/C12H10NS.ClHO4/c1-9-8-14-12-7-6-10-4-2-3-5-11(10)13(9)12;2-1(3,4)5/h2-8H,1H3;(H,2,3,4,5)/q+1;/p-1. The molecule has 0 saturated carbocycles. The van der Waals surface area contributed by atoms with Crippen LogP contribution in [0, 0.1) is 17.2 Å². The molecule has 0 amide bonds. The molecule has 0 spiro atoms. The molecule has 0 unspecified atom stereocenters. The zero-order valence-corrected chi connectivity index (χ0v) is 11.5. The first-order valence-corrected chi connectivity index (χ1v) is 7.37. The first-order valence-electron chi connectivity index (χ1n) is 5.25. The van der Waals surface area contributed by atoms with Crippen molar-refractivity contribution >= 4 is 27.1 Å². The SMILES string of the molecule is Cc1csc2ccc3ccccc3[n+]12.[O-][Cl+3]([O-])([O-])[O-]. The number of fused-ring (bicyclic) bond motifs is 3. The number of thiazole rings is 1. The van der Waals surface area contributed by atoms with E-state index in [-0.39, 0.29) is 0 Å². The number of rotatable bonds is 0. The van der Waals surface area contributed by atoms with Gasteiger partial charge in [-0.2, -0.15) is 0 Å². The summed E-state index contributed by atoms with van der Waals surface area (Å²) in [5.41, 5.74) is 2.60. The fourth-order valence-electron chi connectivity index (χ4n) is 1.84. The highest BCUT2D eigenvalue weighted by molar-refractivity contribution is 7.15. The quantitative estimate of drug-likeness (QED) is 0.457. The number of benzene rings is 1. The van der Waals surface area contributed by atoms with E-state index in [1.165, 1.54) is 21.4 Å². The Morgan fingerprint density at radius 3 is 2.32 bits per heavy atom. The number of hydrogen-bond acceptors (Lipinski definition) is 5. The molecule has 19 heavy (non-hydrogen) atoms. The van der Waals surface area contributed by atoms with Gasteiger partial charge in [0.15, 0.2) is 5.69 Å². The smallest absolute Gasteiger partial charge is 0.222 e. The van der Waals surface area contributed by atoms with Crippen LogP contribution in [-0.2, 0) is 0 Å². The predicted molar refractivity (Wildman–Crippen MR) is 59.7 cm³/mol. The molecule has 0 aliphatic heterocycles. The summed E-state index contributed by atoms with van der Waals surface area (Å²) in [6.45, 7) is 2.15. The molecule has 2 aromatic heterocycles. The Balaban J connectivity index is 0.000000232. The topological polar surface area (TPSA) is 96.3 Å². The van der Waals surface area contributed by atoms with E-state index < -0.39 is 10.2 Å². The maximum Gasteiger partial charge on any atom is 0.267 e. The number of aryl methyl sites for hydroxylation is 1. The summed E-state index contributed by atoms with van der Waals surface area (Å²) in [5.74, 6) is 0. The molecule has 100 valence electrons. The molecule has 0 atom stereocenters. The van der Waals surface area contributed by atoms with Crippen molar-refractivity contribution in [2.24, 2.45) is 0 Å². The molecule has 3 rings (SSSR count). The van der Waals surface area contributed by atoms with Gasteiger partial charge in [0.25, 0.3) is 4.83 Å². The molecular formula is C12H10ClNO4S. The Labute approximate surface area is 115 Å². The average Bonchev–Trinajstić information content (AvgIpc) is 2.69. The molecular weight excluding hydrogens is 290 g/mol. The highest BCUT2D eigenvalue weighted by Crippen LogP contribution is 2.15. The van der Waals surface area contributed by atoms with Crippen LogP contribution in [0.25, 0.3) is 15.7 Å². The van der Waals surface area contributed by atoms with Gasteiger partial charge >= 0.3 is 0 Å². The third-order valence-electron chi connectivity index (χ3n) is 2.51. The molecule has 0 aliphatic carbocycles. The molecule has 0 radical (unpaired) electrons. The lowest BCUT2D eigenvalue weighted by molar-refractivity contribution is -2.00. The van der Waals surface area contributed by atoms with Gasteiger partial charge in [-0.25, -0.2) is 18.6 Å². The Kier molecular flexibility index (Phi) is 4.00. The minimum Gasteiger partial charge on any atom is -0.222 e. The lowest BCUT2D eigenvalue weighted by Gasteiger charge is -2.17. The predicted octanol–water partition coefficient (Wildman–Crippen LogP) is -1.81. The van der Waals surface area contributed by atoms with Gasteiger partial charge in [0.2, 0.25) is 5.52 Å². The van der Waals surface area contributed by atoms with Crippen LogP contribution in [0.2, 0.25) is 0 Å². The van der Waals surface area contributed by atoms with Crippen LogP contribution < -0.4 is 23.0 Å². The van der Waals surface area contributed by atoms with Crippen molar-refractivity contribution in [3.8, 4) is 0 Å².